The lowest BCUT2D eigenvalue weighted by molar-refractivity contribution is -0.129. The summed E-state index contributed by atoms with van der Waals surface area (Å²) in [6.45, 7) is 2.18. The fourth-order valence-corrected chi connectivity index (χ4v) is 1.61. The second-order valence-electron chi connectivity index (χ2n) is 4.92. The van der Waals surface area contributed by atoms with E-state index in [1.165, 1.54) is 5.56 Å². The largest absolute Gasteiger partial charge is 0.493 e. The van der Waals surface area contributed by atoms with Gasteiger partial charge >= 0.3 is 0 Å². The molecule has 0 heterocycles. The average molecular weight is 265 g/mol. The summed E-state index contributed by atoms with van der Waals surface area (Å²) in [5.41, 5.74) is 1.18. The Hall–Kier alpha value is -1.55. The first-order chi connectivity index (χ1) is 8.99. The summed E-state index contributed by atoms with van der Waals surface area (Å²) >= 11 is 0. The van der Waals surface area contributed by atoms with Crippen LogP contribution in [0.1, 0.15) is 25.3 Å². The number of benzene rings is 1. The van der Waals surface area contributed by atoms with Crippen LogP contribution in [0, 0.1) is 0 Å². The highest BCUT2D eigenvalue weighted by Crippen LogP contribution is 2.14. The highest BCUT2D eigenvalue weighted by atomic mass is 16.5. The zero-order valence-corrected chi connectivity index (χ0v) is 11.9. The molecule has 1 unspecified atom stereocenters. The zero-order valence-electron chi connectivity index (χ0n) is 11.9. The van der Waals surface area contributed by atoms with Crippen LogP contribution in [0.15, 0.2) is 24.3 Å². The Labute approximate surface area is 115 Å². The van der Waals surface area contributed by atoms with Gasteiger partial charge in [-0.1, -0.05) is 12.1 Å². The van der Waals surface area contributed by atoms with Crippen molar-refractivity contribution in [3.63, 3.8) is 0 Å². The quantitative estimate of drug-likeness (QED) is 0.818. The van der Waals surface area contributed by atoms with E-state index in [1.807, 2.05) is 24.3 Å². The minimum Gasteiger partial charge on any atom is -0.493 e. The highest BCUT2D eigenvalue weighted by Gasteiger charge is 2.04. The van der Waals surface area contributed by atoms with Gasteiger partial charge in [0.05, 0.1) is 19.1 Å². The third kappa shape index (κ3) is 6.25. The van der Waals surface area contributed by atoms with Gasteiger partial charge in [0.1, 0.15) is 5.75 Å². The normalized spacial score (nSPS) is 12.0. The molecular formula is C15H23NO3. The number of nitrogens with zero attached hydrogens (tertiary/aromatic N) is 1. The Morgan fingerprint density at radius 1 is 1.32 bits per heavy atom. The number of carbonyl (C=O) groups excluding carboxylic acids is 1. The molecule has 1 amide bonds. The molecule has 1 aromatic carbocycles. The first kappa shape index (κ1) is 15.5. The summed E-state index contributed by atoms with van der Waals surface area (Å²) in [5, 5.41) is 9.22. The number of ether oxygens (including phenoxy) is 1. The summed E-state index contributed by atoms with van der Waals surface area (Å²) in [6, 6.07) is 7.78. The molecule has 0 saturated carbocycles. The van der Waals surface area contributed by atoms with E-state index < -0.39 is 0 Å². The standard InChI is InChI=1S/C15H23NO3/c1-12(17)4-5-13-6-8-14(9-7-13)19-11-10-15(18)16(2)3/h6-9,12,17H,4-5,10-11H2,1-3H3. The lowest BCUT2D eigenvalue weighted by Crippen LogP contribution is -2.23. The summed E-state index contributed by atoms with van der Waals surface area (Å²) in [7, 11) is 3.47. The van der Waals surface area contributed by atoms with Gasteiger partial charge in [0, 0.05) is 14.1 Å². The second-order valence-corrected chi connectivity index (χ2v) is 4.92. The number of aryl methyl sites for hydroxylation is 1. The molecule has 19 heavy (non-hydrogen) atoms. The van der Waals surface area contributed by atoms with Crippen molar-refractivity contribution >= 4 is 5.91 Å². The molecule has 0 bridgehead atoms. The van der Waals surface area contributed by atoms with Gasteiger partial charge in [-0.05, 0) is 37.5 Å². The maximum absolute atomic E-state index is 11.4. The zero-order chi connectivity index (χ0) is 14.3. The van der Waals surface area contributed by atoms with E-state index in [1.54, 1.807) is 25.9 Å². The van der Waals surface area contributed by atoms with Gasteiger partial charge in [0.2, 0.25) is 5.91 Å². The molecule has 1 N–H and O–H groups in total. The van der Waals surface area contributed by atoms with Crippen molar-refractivity contribution in [1.29, 1.82) is 0 Å². The number of hydrogen-bond donors (Lipinski definition) is 1. The fraction of sp³-hybridized carbons (Fsp3) is 0.533. The Morgan fingerprint density at radius 3 is 2.47 bits per heavy atom. The second kappa shape index (κ2) is 7.79. The van der Waals surface area contributed by atoms with Crippen molar-refractivity contribution in [2.45, 2.75) is 32.3 Å². The molecule has 106 valence electrons. The number of amides is 1. The van der Waals surface area contributed by atoms with Crippen LogP contribution in [-0.2, 0) is 11.2 Å². The Bertz CT molecular complexity index is 385. The summed E-state index contributed by atoms with van der Waals surface area (Å²) in [6.07, 6.45) is 1.73. The van der Waals surface area contributed by atoms with E-state index in [4.69, 9.17) is 4.74 Å². The molecule has 0 aliphatic rings. The van der Waals surface area contributed by atoms with Gasteiger partial charge in [0.25, 0.3) is 0 Å². The highest BCUT2D eigenvalue weighted by molar-refractivity contribution is 5.75. The van der Waals surface area contributed by atoms with E-state index in [0.717, 1.165) is 18.6 Å². The SMILES string of the molecule is CC(O)CCc1ccc(OCCC(=O)N(C)C)cc1. The fourth-order valence-electron chi connectivity index (χ4n) is 1.61. The molecule has 0 aliphatic carbocycles. The van der Waals surface area contributed by atoms with Crippen molar-refractivity contribution < 1.29 is 14.6 Å². The summed E-state index contributed by atoms with van der Waals surface area (Å²) in [4.78, 5) is 12.9. The molecule has 1 aromatic rings. The first-order valence-corrected chi connectivity index (χ1v) is 6.59. The Morgan fingerprint density at radius 2 is 1.95 bits per heavy atom. The minimum absolute atomic E-state index is 0.0635. The first-order valence-electron chi connectivity index (χ1n) is 6.59. The van der Waals surface area contributed by atoms with Crippen molar-refractivity contribution in [3.05, 3.63) is 29.8 Å². The number of carbonyl (C=O) groups is 1. The van der Waals surface area contributed by atoms with E-state index in [2.05, 4.69) is 0 Å². The molecule has 0 fully saturated rings. The maximum Gasteiger partial charge on any atom is 0.225 e. The predicted molar refractivity (Wildman–Crippen MR) is 75.2 cm³/mol. The molecule has 0 spiro atoms. The van der Waals surface area contributed by atoms with Crippen LogP contribution in [0.4, 0.5) is 0 Å². The van der Waals surface area contributed by atoms with Gasteiger partial charge in [0.15, 0.2) is 0 Å². The molecule has 1 atom stereocenters. The van der Waals surface area contributed by atoms with E-state index in [9.17, 15) is 9.90 Å². The van der Waals surface area contributed by atoms with Gasteiger partial charge < -0.3 is 14.7 Å². The minimum atomic E-state index is -0.270. The molecule has 4 heteroatoms. The average Bonchev–Trinajstić information content (AvgIpc) is 2.37. The van der Waals surface area contributed by atoms with Gasteiger partial charge in [-0.3, -0.25) is 4.79 Å². The van der Waals surface area contributed by atoms with E-state index in [0.29, 0.717) is 13.0 Å². The van der Waals surface area contributed by atoms with Crippen LogP contribution in [0.3, 0.4) is 0 Å². The Balaban J connectivity index is 2.34. The van der Waals surface area contributed by atoms with Crippen LogP contribution in [0.25, 0.3) is 0 Å². The summed E-state index contributed by atoms with van der Waals surface area (Å²) < 4.78 is 5.51. The lowest BCUT2D eigenvalue weighted by Gasteiger charge is -2.11. The molecular weight excluding hydrogens is 242 g/mol. The van der Waals surface area contributed by atoms with Crippen molar-refractivity contribution in [2.24, 2.45) is 0 Å². The maximum atomic E-state index is 11.4. The number of rotatable bonds is 7. The van der Waals surface area contributed by atoms with Crippen LogP contribution in [0.5, 0.6) is 5.75 Å². The summed E-state index contributed by atoms with van der Waals surface area (Å²) in [5.74, 6) is 0.834. The molecule has 0 aromatic heterocycles. The monoisotopic (exact) mass is 265 g/mol. The molecule has 1 rings (SSSR count). The predicted octanol–water partition coefficient (Wildman–Crippen LogP) is 1.86. The third-order valence-corrected chi connectivity index (χ3v) is 2.86. The molecule has 0 saturated heterocycles. The molecule has 0 radical (unpaired) electrons. The van der Waals surface area contributed by atoms with E-state index >= 15 is 0 Å². The number of hydrogen-bond acceptors (Lipinski definition) is 3. The van der Waals surface area contributed by atoms with Crippen LogP contribution < -0.4 is 4.74 Å². The van der Waals surface area contributed by atoms with Crippen molar-refractivity contribution in [2.75, 3.05) is 20.7 Å². The van der Waals surface area contributed by atoms with Gasteiger partial charge in [-0.15, -0.1) is 0 Å². The Kier molecular flexibility index (Phi) is 6.36. The van der Waals surface area contributed by atoms with Gasteiger partial charge in [-0.2, -0.15) is 0 Å². The van der Waals surface area contributed by atoms with Crippen molar-refractivity contribution in [1.82, 2.24) is 4.90 Å². The number of aliphatic hydroxyl groups is 1. The van der Waals surface area contributed by atoms with E-state index in [-0.39, 0.29) is 12.0 Å². The van der Waals surface area contributed by atoms with Crippen LogP contribution in [-0.4, -0.2) is 42.7 Å². The van der Waals surface area contributed by atoms with Crippen LogP contribution >= 0.6 is 0 Å². The van der Waals surface area contributed by atoms with Gasteiger partial charge in [-0.25, -0.2) is 0 Å². The lowest BCUT2D eigenvalue weighted by atomic mass is 10.1. The molecule has 4 nitrogen and oxygen atoms in total. The topological polar surface area (TPSA) is 49.8 Å². The van der Waals surface area contributed by atoms with Crippen molar-refractivity contribution in [3.8, 4) is 5.75 Å². The third-order valence-electron chi connectivity index (χ3n) is 2.86. The smallest absolute Gasteiger partial charge is 0.225 e. The van der Waals surface area contributed by atoms with Crippen LogP contribution in [0.2, 0.25) is 0 Å². The number of aliphatic hydroxyl groups excluding tert-OH is 1. The molecule has 0 aliphatic heterocycles.